The molecule has 0 atom stereocenters. The number of pyridine rings is 1. The fourth-order valence-corrected chi connectivity index (χ4v) is 5.25. The number of amides is 1. The minimum absolute atomic E-state index is 0.0663. The van der Waals surface area contributed by atoms with E-state index < -0.39 is 11.6 Å². The molecule has 10 nitrogen and oxygen atoms in total. The molecule has 0 N–H and O–H groups in total. The van der Waals surface area contributed by atoms with Gasteiger partial charge in [0.15, 0.2) is 11.2 Å². The molecule has 0 spiro atoms. The first-order valence-corrected chi connectivity index (χ1v) is 13.1. The highest BCUT2D eigenvalue weighted by Gasteiger charge is 2.30. The van der Waals surface area contributed by atoms with Gasteiger partial charge in [-0.3, -0.25) is 9.59 Å². The van der Waals surface area contributed by atoms with Crippen LogP contribution in [0.2, 0.25) is 0 Å². The van der Waals surface area contributed by atoms with Gasteiger partial charge in [-0.15, -0.1) is 11.3 Å². The van der Waals surface area contributed by atoms with Crippen molar-refractivity contribution in [2.45, 2.75) is 60.1 Å². The minimum atomic E-state index is -0.577. The zero-order valence-corrected chi connectivity index (χ0v) is 22.5. The lowest BCUT2D eigenvalue weighted by atomic mass is 10.1. The molecule has 1 aliphatic heterocycles. The van der Waals surface area contributed by atoms with Gasteiger partial charge in [0.1, 0.15) is 28.2 Å². The van der Waals surface area contributed by atoms with E-state index in [1.807, 2.05) is 45.6 Å². The van der Waals surface area contributed by atoms with E-state index in [2.05, 4.69) is 4.98 Å². The first kappa shape index (κ1) is 25.9. The third-order valence-corrected chi connectivity index (χ3v) is 6.86. The van der Waals surface area contributed by atoms with Crippen LogP contribution in [0.1, 0.15) is 45.2 Å². The number of nitrogens with zero attached hydrogens (tertiary/aromatic N) is 5. The number of carbonyl (C=O) groups excluding carboxylic acids is 2. The van der Waals surface area contributed by atoms with Crippen molar-refractivity contribution in [3.8, 4) is 0 Å². The molecule has 0 aliphatic carbocycles. The number of aromatic nitrogens is 3. The zero-order valence-electron chi connectivity index (χ0n) is 21.7. The van der Waals surface area contributed by atoms with Crippen molar-refractivity contribution in [1.29, 1.82) is 0 Å². The van der Waals surface area contributed by atoms with E-state index in [0.717, 1.165) is 9.71 Å². The van der Waals surface area contributed by atoms with E-state index in [0.29, 0.717) is 55.1 Å². The van der Waals surface area contributed by atoms with Crippen molar-refractivity contribution < 1.29 is 19.1 Å². The van der Waals surface area contributed by atoms with Crippen molar-refractivity contribution in [1.82, 2.24) is 19.4 Å². The molecule has 0 radical (unpaired) electrons. The minimum Gasteiger partial charge on any atom is -0.465 e. The highest BCUT2D eigenvalue weighted by molar-refractivity contribution is 7.18. The molecule has 3 aromatic rings. The predicted octanol–water partition coefficient (Wildman–Crippen LogP) is 3.50. The summed E-state index contributed by atoms with van der Waals surface area (Å²) < 4.78 is 12.5. The van der Waals surface area contributed by atoms with Gasteiger partial charge in [-0.05, 0) is 47.1 Å². The van der Waals surface area contributed by atoms with E-state index in [1.54, 1.807) is 16.4 Å². The monoisotopic (exact) mass is 515 g/mol. The molecule has 194 valence electrons. The number of aryl methyl sites for hydroxylation is 1. The Morgan fingerprint density at radius 2 is 1.81 bits per heavy atom. The maximum Gasteiger partial charge on any atom is 0.410 e. The smallest absolute Gasteiger partial charge is 0.410 e. The second-order valence-electron chi connectivity index (χ2n) is 9.77. The van der Waals surface area contributed by atoms with Crippen molar-refractivity contribution in [3.63, 3.8) is 0 Å². The van der Waals surface area contributed by atoms with E-state index >= 15 is 0 Å². The molecule has 4 rings (SSSR count). The van der Waals surface area contributed by atoms with Crippen LogP contribution in [-0.4, -0.2) is 69.9 Å². The lowest BCUT2D eigenvalue weighted by molar-refractivity contribution is -0.143. The highest BCUT2D eigenvalue weighted by Crippen LogP contribution is 2.28. The van der Waals surface area contributed by atoms with Gasteiger partial charge >= 0.3 is 12.1 Å². The molecule has 0 unspecified atom stereocenters. The molecule has 1 fully saturated rings. The number of hydrogen-bond acceptors (Lipinski definition) is 9. The zero-order chi connectivity index (χ0) is 26.2. The van der Waals surface area contributed by atoms with Crippen molar-refractivity contribution in [3.05, 3.63) is 26.9 Å². The number of esters is 1. The summed E-state index contributed by atoms with van der Waals surface area (Å²) in [5.41, 5.74) is 1.68. The first-order chi connectivity index (χ1) is 17.0. The van der Waals surface area contributed by atoms with Crippen molar-refractivity contribution in [2.75, 3.05) is 37.7 Å². The average Bonchev–Trinajstić information content (AvgIpc) is 3.17. The number of carbonyl (C=O) groups is 2. The lowest BCUT2D eigenvalue weighted by Gasteiger charge is -2.37. The summed E-state index contributed by atoms with van der Waals surface area (Å²) in [7, 11) is 0. The van der Waals surface area contributed by atoms with Gasteiger partial charge in [-0.1, -0.05) is 6.92 Å². The molecule has 36 heavy (non-hydrogen) atoms. The van der Waals surface area contributed by atoms with Crippen LogP contribution in [0.25, 0.3) is 21.5 Å². The molecule has 1 aliphatic rings. The number of fused-ring (bicyclic) bond motifs is 2. The Balaban J connectivity index is 1.79. The van der Waals surface area contributed by atoms with Gasteiger partial charge in [0.05, 0.1) is 6.61 Å². The normalized spacial score (nSPS) is 14.5. The van der Waals surface area contributed by atoms with Crippen LogP contribution >= 0.6 is 11.3 Å². The summed E-state index contributed by atoms with van der Waals surface area (Å²) in [6, 6.07) is 1.91. The summed E-state index contributed by atoms with van der Waals surface area (Å²) >= 11 is 1.50. The fourth-order valence-electron chi connectivity index (χ4n) is 4.44. The van der Waals surface area contributed by atoms with Crippen LogP contribution in [0.4, 0.5) is 10.5 Å². The Hall–Kier alpha value is -3.21. The summed E-state index contributed by atoms with van der Waals surface area (Å²) in [6.07, 6.45) is 0.146. The van der Waals surface area contributed by atoms with Gasteiger partial charge in [-0.2, -0.15) is 0 Å². The standard InChI is InChI=1S/C25H33N5O5S/c1-7-17-20(28-9-11-29(12-10-28)24(33)35-25(4,5)6)21(32)19-22(30(17)14-18(31)34-8-2)27-23-16(26-19)13-15(3)36-23/h13H,7-12,14H2,1-6H3. The van der Waals surface area contributed by atoms with Gasteiger partial charge < -0.3 is 23.8 Å². The molecule has 0 aromatic carbocycles. The van der Waals surface area contributed by atoms with Gasteiger partial charge in [0.2, 0.25) is 5.43 Å². The van der Waals surface area contributed by atoms with Crippen molar-refractivity contribution in [2.24, 2.45) is 0 Å². The summed E-state index contributed by atoms with van der Waals surface area (Å²) in [6.45, 7) is 13.1. The Bertz CT molecular complexity index is 1370. The van der Waals surface area contributed by atoms with E-state index in [9.17, 15) is 14.4 Å². The highest BCUT2D eigenvalue weighted by atomic mass is 32.1. The lowest BCUT2D eigenvalue weighted by Crippen LogP contribution is -2.51. The van der Waals surface area contributed by atoms with Crippen LogP contribution in [0.5, 0.6) is 0 Å². The number of ether oxygens (including phenoxy) is 2. The predicted molar refractivity (Wildman–Crippen MR) is 140 cm³/mol. The number of anilines is 1. The first-order valence-electron chi connectivity index (χ1n) is 12.2. The molecular formula is C25H33N5O5S. The Morgan fingerprint density at radius 3 is 2.42 bits per heavy atom. The second kappa shape index (κ2) is 10.0. The molecule has 1 amide bonds. The Morgan fingerprint density at radius 1 is 1.11 bits per heavy atom. The van der Waals surface area contributed by atoms with E-state index in [1.165, 1.54) is 11.3 Å². The van der Waals surface area contributed by atoms with Crippen LogP contribution in [0.3, 0.4) is 0 Å². The largest absolute Gasteiger partial charge is 0.465 e. The fraction of sp³-hybridized carbons (Fsp3) is 0.560. The number of rotatable bonds is 5. The van der Waals surface area contributed by atoms with Crippen LogP contribution < -0.4 is 10.3 Å². The second-order valence-corrected chi connectivity index (χ2v) is 11.0. The molecule has 1 saturated heterocycles. The number of piperazine rings is 1. The number of hydrogen-bond donors (Lipinski definition) is 0. The Labute approximate surface area is 213 Å². The molecule has 11 heteroatoms. The summed E-state index contributed by atoms with van der Waals surface area (Å²) in [5.74, 6) is -0.401. The number of thiophene rings is 1. The van der Waals surface area contributed by atoms with Crippen LogP contribution in [0, 0.1) is 6.92 Å². The van der Waals surface area contributed by atoms with Gasteiger partial charge in [0.25, 0.3) is 0 Å². The SMILES string of the molecule is CCOC(=O)Cn1c(CC)c(N2CCN(C(=O)OC(C)(C)C)CC2)c(=O)c2nc3cc(C)sc3nc21. The van der Waals surface area contributed by atoms with E-state index in [4.69, 9.17) is 14.5 Å². The molecule has 3 aromatic heterocycles. The van der Waals surface area contributed by atoms with Crippen molar-refractivity contribution >= 4 is 50.6 Å². The van der Waals surface area contributed by atoms with Crippen LogP contribution in [-0.2, 0) is 27.2 Å². The maximum absolute atomic E-state index is 13.8. The molecular weight excluding hydrogens is 482 g/mol. The quantitative estimate of drug-likeness (QED) is 0.475. The van der Waals surface area contributed by atoms with Gasteiger partial charge in [0, 0.05) is 36.8 Å². The van der Waals surface area contributed by atoms with Crippen LogP contribution in [0.15, 0.2) is 10.9 Å². The molecule has 4 heterocycles. The Kier molecular flexibility index (Phi) is 7.21. The maximum atomic E-state index is 13.8. The summed E-state index contributed by atoms with van der Waals surface area (Å²) in [4.78, 5) is 53.8. The van der Waals surface area contributed by atoms with E-state index in [-0.39, 0.29) is 30.2 Å². The summed E-state index contributed by atoms with van der Waals surface area (Å²) in [5, 5.41) is 0. The third-order valence-electron chi connectivity index (χ3n) is 5.93. The topological polar surface area (TPSA) is 107 Å². The molecule has 0 bridgehead atoms. The molecule has 0 saturated carbocycles. The average molecular weight is 516 g/mol. The van der Waals surface area contributed by atoms with Gasteiger partial charge in [-0.25, -0.2) is 14.8 Å². The third kappa shape index (κ3) is 5.16.